The third-order valence-electron chi connectivity index (χ3n) is 1.33. The molecule has 1 heterocycles. The molecule has 0 spiro atoms. The quantitative estimate of drug-likeness (QED) is 0.451. The Morgan fingerprint density at radius 3 is 2.70 bits per heavy atom. The maximum absolute atomic E-state index is 8.61. The number of H-pyrrole nitrogens is 1. The Kier molecular flexibility index (Phi) is 1.94. The van der Waals surface area contributed by atoms with E-state index in [0.717, 1.165) is 5.69 Å². The van der Waals surface area contributed by atoms with Gasteiger partial charge in [0.1, 0.15) is 5.82 Å². The third-order valence-corrected chi connectivity index (χ3v) is 1.33. The summed E-state index contributed by atoms with van der Waals surface area (Å²) in [6.45, 7) is -0.0695. The number of hydrogen-bond donors (Lipinski definition) is 4. The maximum atomic E-state index is 8.61. The van der Waals surface area contributed by atoms with E-state index in [2.05, 4.69) is 4.98 Å². The second-order valence-corrected chi connectivity index (χ2v) is 2.16. The standard InChI is InChI=1S/C6H11N3O/c7-4(3-10)5-1-2-6(8)9-5/h1-2,4,9-10H,3,7-8H2. The molecule has 0 saturated heterocycles. The first-order valence-electron chi connectivity index (χ1n) is 3.05. The smallest absolute Gasteiger partial charge is 0.100 e. The third kappa shape index (κ3) is 1.29. The van der Waals surface area contributed by atoms with Gasteiger partial charge in [0.15, 0.2) is 0 Å². The lowest BCUT2D eigenvalue weighted by Crippen LogP contribution is -2.14. The molecule has 0 aliphatic heterocycles. The largest absolute Gasteiger partial charge is 0.394 e. The number of aromatic nitrogens is 1. The fraction of sp³-hybridized carbons (Fsp3) is 0.333. The normalized spacial score (nSPS) is 13.4. The zero-order valence-corrected chi connectivity index (χ0v) is 5.54. The topological polar surface area (TPSA) is 88.1 Å². The summed E-state index contributed by atoms with van der Waals surface area (Å²) in [5.74, 6) is 0.568. The molecule has 1 rings (SSSR count). The van der Waals surface area contributed by atoms with E-state index >= 15 is 0 Å². The van der Waals surface area contributed by atoms with Crippen molar-refractivity contribution in [2.24, 2.45) is 5.73 Å². The fourth-order valence-corrected chi connectivity index (χ4v) is 0.744. The maximum Gasteiger partial charge on any atom is 0.100 e. The number of aliphatic hydroxyl groups excluding tert-OH is 1. The highest BCUT2D eigenvalue weighted by Gasteiger charge is 2.04. The first-order chi connectivity index (χ1) is 4.74. The van der Waals surface area contributed by atoms with E-state index < -0.39 is 0 Å². The molecule has 0 aliphatic carbocycles. The van der Waals surface area contributed by atoms with Gasteiger partial charge in [-0.05, 0) is 12.1 Å². The molecule has 0 bridgehead atoms. The van der Waals surface area contributed by atoms with Crippen LogP contribution in [0.1, 0.15) is 11.7 Å². The van der Waals surface area contributed by atoms with Gasteiger partial charge in [-0.25, -0.2) is 0 Å². The number of aliphatic hydroxyl groups is 1. The summed E-state index contributed by atoms with van der Waals surface area (Å²) in [6, 6.07) is 3.12. The summed E-state index contributed by atoms with van der Waals surface area (Å²) in [5, 5.41) is 8.61. The van der Waals surface area contributed by atoms with Crippen molar-refractivity contribution in [3.05, 3.63) is 17.8 Å². The highest BCUT2D eigenvalue weighted by Crippen LogP contribution is 2.09. The molecule has 1 unspecified atom stereocenters. The minimum atomic E-state index is -0.350. The monoisotopic (exact) mass is 141 g/mol. The van der Waals surface area contributed by atoms with E-state index in [1.807, 2.05) is 0 Å². The van der Waals surface area contributed by atoms with Crippen molar-refractivity contribution in [3.63, 3.8) is 0 Å². The number of rotatable bonds is 2. The summed E-state index contributed by atoms with van der Waals surface area (Å²) < 4.78 is 0. The summed E-state index contributed by atoms with van der Waals surface area (Å²) in [5.41, 5.74) is 11.6. The van der Waals surface area contributed by atoms with Gasteiger partial charge < -0.3 is 21.6 Å². The highest BCUT2D eigenvalue weighted by atomic mass is 16.3. The number of aromatic amines is 1. The average Bonchev–Trinajstić information content (AvgIpc) is 2.34. The number of hydrogen-bond acceptors (Lipinski definition) is 3. The summed E-state index contributed by atoms with van der Waals surface area (Å²) in [4.78, 5) is 2.82. The average molecular weight is 141 g/mol. The van der Waals surface area contributed by atoms with Gasteiger partial charge in [0.25, 0.3) is 0 Å². The van der Waals surface area contributed by atoms with Gasteiger partial charge in [0.2, 0.25) is 0 Å². The Hall–Kier alpha value is -1.00. The van der Waals surface area contributed by atoms with Crippen LogP contribution in [0.15, 0.2) is 12.1 Å². The molecule has 0 saturated carbocycles. The molecule has 6 N–H and O–H groups in total. The van der Waals surface area contributed by atoms with Crippen LogP contribution in [-0.4, -0.2) is 16.7 Å². The summed E-state index contributed by atoms with van der Waals surface area (Å²) in [6.07, 6.45) is 0. The molecular formula is C6H11N3O. The molecule has 1 aromatic heterocycles. The molecule has 0 amide bonds. The first kappa shape index (κ1) is 7.11. The SMILES string of the molecule is Nc1ccc(C(N)CO)[nH]1. The first-order valence-corrected chi connectivity index (χ1v) is 3.05. The minimum Gasteiger partial charge on any atom is -0.394 e. The molecule has 0 fully saturated rings. The fourth-order valence-electron chi connectivity index (χ4n) is 0.744. The Balaban J connectivity index is 2.74. The zero-order valence-electron chi connectivity index (χ0n) is 5.54. The molecule has 4 nitrogen and oxygen atoms in total. The van der Waals surface area contributed by atoms with Crippen molar-refractivity contribution in [1.29, 1.82) is 0 Å². The molecule has 56 valence electrons. The zero-order chi connectivity index (χ0) is 7.56. The van der Waals surface area contributed by atoms with Crippen LogP contribution < -0.4 is 11.5 Å². The number of nitrogens with two attached hydrogens (primary N) is 2. The Morgan fingerprint density at radius 2 is 2.30 bits per heavy atom. The van der Waals surface area contributed by atoms with Gasteiger partial charge in [-0.15, -0.1) is 0 Å². The van der Waals surface area contributed by atoms with Gasteiger partial charge in [0.05, 0.1) is 12.6 Å². The van der Waals surface area contributed by atoms with Gasteiger partial charge in [0, 0.05) is 5.69 Å². The van der Waals surface area contributed by atoms with Crippen molar-refractivity contribution in [2.75, 3.05) is 12.3 Å². The lowest BCUT2D eigenvalue weighted by atomic mass is 10.2. The second-order valence-electron chi connectivity index (χ2n) is 2.16. The van der Waals surface area contributed by atoms with Crippen LogP contribution in [0.5, 0.6) is 0 Å². The van der Waals surface area contributed by atoms with Gasteiger partial charge >= 0.3 is 0 Å². The molecule has 0 aliphatic rings. The highest BCUT2D eigenvalue weighted by molar-refractivity contribution is 5.32. The van der Waals surface area contributed by atoms with Gasteiger partial charge in [-0.1, -0.05) is 0 Å². The van der Waals surface area contributed by atoms with E-state index in [1.54, 1.807) is 12.1 Å². The molecule has 0 aromatic carbocycles. The van der Waals surface area contributed by atoms with Crippen LogP contribution in [0.25, 0.3) is 0 Å². The minimum absolute atomic E-state index is 0.0695. The van der Waals surface area contributed by atoms with Crippen LogP contribution in [0.2, 0.25) is 0 Å². The van der Waals surface area contributed by atoms with E-state index in [-0.39, 0.29) is 12.6 Å². The molecule has 0 radical (unpaired) electrons. The van der Waals surface area contributed by atoms with Crippen molar-refractivity contribution in [2.45, 2.75) is 6.04 Å². The van der Waals surface area contributed by atoms with Crippen molar-refractivity contribution < 1.29 is 5.11 Å². The summed E-state index contributed by atoms with van der Waals surface area (Å²) >= 11 is 0. The van der Waals surface area contributed by atoms with Crippen LogP contribution in [0.3, 0.4) is 0 Å². The van der Waals surface area contributed by atoms with Crippen molar-refractivity contribution in [1.82, 2.24) is 4.98 Å². The Labute approximate surface area is 58.8 Å². The Morgan fingerprint density at radius 1 is 1.60 bits per heavy atom. The van der Waals surface area contributed by atoms with E-state index in [1.165, 1.54) is 0 Å². The van der Waals surface area contributed by atoms with Crippen LogP contribution >= 0.6 is 0 Å². The lowest BCUT2D eigenvalue weighted by Gasteiger charge is -2.03. The predicted octanol–water partition coefficient (Wildman–Crippen LogP) is -0.411. The molecule has 10 heavy (non-hydrogen) atoms. The number of anilines is 1. The summed E-state index contributed by atoms with van der Waals surface area (Å²) in [7, 11) is 0. The molecular weight excluding hydrogens is 130 g/mol. The lowest BCUT2D eigenvalue weighted by molar-refractivity contribution is 0.266. The van der Waals surface area contributed by atoms with Crippen LogP contribution in [-0.2, 0) is 0 Å². The van der Waals surface area contributed by atoms with E-state index in [9.17, 15) is 0 Å². The van der Waals surface area contributed by atoms with Crippen molar-refractivity contribution in [3.8, 4) is 0 Å². The van der Waals surface area contributed by atoms with Crippen molar-refractivity contribution >= 4 is 5.82 Å². The molecule has 1 aromatic rings. The van der Waals surface area contributed by atoms with Gasteiger partial charge in [-0.2, -0.15) is 0 Å². The molecule has 1 atom stereocenters. The van der Waals surface area contributed by atoms with E-state index in [4.69, 9.17) is 16.6 Å². The van der Waals surface area contributed by atoms with Crippen LogP contribution in [0, 0.1) is 0 Å². The van der Waals surface area contributed by atoms with E-state index in [0.29, 0.717) is 5.82 Å². The van der Waals surface area contributed by atoms with Crippen LogP contribution in [0.4, 0.5) is 5.82 Å². The Bertz CT molecular complexity index is 209. The second kappa shape index (κ2) is 2.72. The van der Waals surface area contributed by atoms with Gasteiger partial charge in [-0.3, -0.25) is 0 Å². The molecule has 4 heteroatoms. The number of nitrogens with one attached hydrogen (secondary N) is 1. The predicted molar refractivity (Wildman–Crippen MR) is 39.2 cm³/mol. The number of nitrogen functional groups attached to an aromatic ring is 1.